The zero-order valence-corrected chi connectivity index (χ0v) is 21.1. The Labute approximate surface area is 220 Å². The summed E-state index contributed by atoms with van der Waals surface area (Å²) >= 11 is 0. The molecule has 38 heavy (non-hydrogen) atoms. The van der Waals surface area contributed by atoms with Crippen LogP contribution in [0.5, 0.6) is 11.5 Å². The highest BCUT2D eigenvalue weighted by Crippen LogP contribution is 2.43. The van der Waals surface area contributed by atoms with E-state index in [1.807, 2.05) is 0 Å². The molecule has 1 unspecified atom stereocenters. The molecule has 1 fully saturated rings. The van der Waals surface area contributed by atoms with E-state index in [0.29, 0.717) is 29.2 Å². The van der Waals surface area contributed by atoms with Gasteiger partial charge in [-0.2, -0.15) is 0 Å². The van der Waals surface area contributed by atoms with Gasteiger partial charge in [0.25, 0.3) is 11.7 Å². The van der Waals surface area contributed by atoms with Gasteiger partial charge in [-0.3, -0.25) is 14.5 Å². The number of aliphatic hydroxyl groups is 1. The van der Waals surface area contributed by atoms with Crippen LogP contribution in [0.1, 0.15) is 46.4 Å². The second-order valence-corrected chi connectivity index (χ2v) is 8.99. The van der Waals surface area contributed by atoms with Gasteiger partial charge in [0.15, 0.2) is 0 Å². The van der Waals surface area contributed by atoms with Crippen LogP contribution in [0.15, 0.2) is 72.3 Å². The van der Waals surface area contributed by atoms with Crippen molar-refractivity contribution in [1.29, 1.82) is 0 Å². The molecule has 0 aliphatic carbocycles. The first-order valence-corrected chi connectivity index (χ1v) is 12.4. The van der Waals surface area contributed by atoms with Crippen molar-refractivity contribution in [2.24, 2.45) is 0 Å². The van der Waals surface area contributed by atoms with Crippen molar-refractivity contribution >= 4 is 29.1 Å². The van der Waals surface area contributed by atoms with Crippen LogP contribution in [0.2, 0.25) is 0 Å². The van der Waals surface area contributed by atoms with Crippen molar-refractivity contribution in [2.75, 3.05) is 25.2 Å². The Balaban J connectivity index is 1.66. The summed E-state index contributed by atoms with van der Waals surface area (Å²) in [5.41, 5.74) is 2.47. The highest BCUT2D eigenvalue weighted by Gasteiger charge is 2.47. The molecule has 5 rings (SSSR count). The van der Waals surface area contributed by atoms with Gasteiger partial charge in [-0.25, -0.2) is 4.79 Å². The summed E-state index contributed by atoms with van der Waals surface area (Å²) in [6, 6.07) is 17.6. The van der Waals surface area contributed by atoms with Crippen LogP contribution >= 0.6 is 0 Å². The Bertz CT molecular complexity index is 1440. The molecule has 2 aliphatic heterocycles. The molecule has 1 atom stereocenters. The molecule has 1 amide bonds. The van der Waals surface area contributed by atoms with Gasteiger partial charge < -0.3 is 19.3 Å². The maximum Gasteiger partial charge on any atom is 0.338 e. The third kappa shape index (κ3) is 4.49. The normalized spacial score (nSPS) is 18.1. The highest BCUT2D eigenvalue weighted by atomic mass is 16.5. The summed E-state index contributed by atoms with van der Waals surface area (Å²) in [5.74, 6) is -1.10. The lowest BCUT2D eigenvalue weighted by molar-refractivity contribution is -0.132. The minimum atomic E-state index is -0.939. The molecule has 0 saturated carbocycles. The molecule has 2 aliphatic rings. The molecule has 3 aromatic rings. The topological polar surface area (TPSA) is 102 Å². The zero-order chi connectivity index (χ0) is 26.8. The molecular weight excluding hydrogens is 486 g/mol. The molecule has 3 aromatic carbocycles. The van der Waals surface area contributed by atoms with E-state index in [2.05, 4.69) is 0 Å². The largest absolute Gasteiger partial charge is 0.507 e. The van der Waals surface area contributed by atoms with E-state index in [1.54, 1.807) is 74.7 Å². The summed E-state index contributed by atoms with van der Waals surface area (Å²) in [7, 11) is 1.54. The van der Waals surface area contributed by atoms with Crippen molar-refractivity contribution in [2.45, 2.75) is 25.8 Å². The maximum absolute atomic E-state index is 13.5. The van der Waals surface area contributed by atoms with Crippen molar-refractivity contribution < 1.29 is 33.7 Å². The monoisotopic (exact) mass is 513 g/mol. The molecule has 0 spiro atoms. The Morgan fingerprint density at radius 2 is 1.84 bits per heavy atom. The number of amides is 1. The van der Waals surface area contributed by atoms with Crippen LogP contribution in [0.4, 0.5) is 5.69 Å². The van der Waals surface area contributed by atoms with E-state index in [0.717, 1.165) is 24.2 Å². The number of methoxy groups -OCH3 is 1. The summed E-state index contributed by atoms with van der Waals surface area (Å²) in [5, 5.41) is 11.5. The number of fused-ring (bicyclic) bond motifs is 1. The molecule has 1 N–H and O–H groups in total. The van der Waals surface area contributed by atoms with E-state index in [-0.39, 0.29) is 23.5 Å². The van der Waals surface area contributed by atoms with Gasteiger partial charge in [0.1, 0.15) is 17.3 Å². The number of esters is 1. The van der Waals surface area contributed by atoms with Crippen LogP contribution in [0.25, 0.3) is 5.76 Å². The van der Waals surface area contributed by atoms with E-state index in [1.165, 1.54) is 11.0 Å². The lowest BCUT2D eigenvalue weighted by Crippen LogP contribution is -2.29. The highest BCUT2D eigenvalue weighted by molar-refractivity contribution is 6.51. The lowest BCUT2D eigenvalue weighted by atomic mass is 9.93. The fourth-order valence-electron chi connectivity index (χ4n) is 4.86. The number of nitrogens with zero attached hydrogens (tertiary/aromatic N) is 1. The lowest BCUT2D eigenvalue weighted by Gasteiger charge is -2.26. The number of carbonyl (C=O) groups is 3. The van der Waals surface area contributed by atoms with Crippen molar-refractivity contribution in [3.8, 4) is 11.5 Å². The molecule has 8 heteroatoms. The maximum atomic E-state index is 13.5. The number of hydrogen-bond donors (Lipinski definition) is 1. The molecule has 0 radical (unpaired) electrons. The smallest absolute Gasteiger partial charge is 0.338 e. The molecule has 0 aromatic heterocycles. The number of hydrogen-bond acceptors (Lipinski definition) is 7. The third-order valence-electron chi connectivity index (χ3n) is 6.69. The van der Waals surface area contributed by atoms with Crippen LogP contribution in [0, 0.1) is 0 Å². The third-order valence-corrected chi connectivity index (χ3v) is 6.69. The average Bonchev–Trinajstić information content (AvgIpc) is 3.22. The van der Waals surface area contributed by atoms with Gasteiger partial charge in [-0.05, 0) is 79.4 Å². The Morgan fingerprint density at radius 3 is 2.58 bits per heavy atom. The molecule has 8 nitrogen and oxygen atoms in total. The summed E-state index contributed by atoms with van der Waals surface area (Å²) in [6.07, 6.45) is 1.64. The molecule has 0 bridgehead atoms. The quantitative estimate of drug-likeness (QED) is 0.218. The number of ether oxygens (including phenoxy) is 3. The van der Waals surface area contributed by atoms with Gasteiger partial charge in [0.05, 0.1) is 37.5 Å². The number of aryl methyl sites for hydroxylation is 1. The van der Waals surface area contributed by atoms with Gasteiger partial charge in [0, 0.05) is 11.3 Å². The second-order valence-electron chi connectivity index (χ2n) is 8.99. The van der Waals surface area contributed by atoms with E-state index in [9.17, 15) is 19.5 Å². The first kappa shape index (κ1) is 25.1. The van der Waals surface area contributed by atoms with Gasteiger partial charge in [-0.15, -0.1) is 0 Å². The van der Waals surface area contributed by atoms with Crippen LogP contribution < -0.4 is 14.4 Å². The van der Waals surface area contributed by atoms with Crippen molar-refractivity contribution in [3.05, 3.63) is 94.6 Å². The number of Topliss-reactive ketones (excluding diaryl/α,β-unsaturated/α-hetero) is 1. The number of carbonyl (C=O) groups excluding carboxylic acids is 3. The minimum absolute atomic E-state index is 0.0432. The summed E-state index contributed by atoms with van der Waals surface area (Å²) in [6.45, 7) is 2.54. The Kier molecular flexibility index (Phi) is 6.87. The number of rotatable bonds is 6. The fraction of sp³-hybridized carbons (Fsp3) is 0.233. The van der Waals surface area contributed by atoms with Crippen molar-refractivity contribution in [1.82, 2.24) is 0 Å². The molecule has 1 saturated heterocycles. The first-order chi connectivity index (χ1) is 18.4. The van der Waals surface area contributed by atoms with E-state index in [4.69, 9.17) is 14.2 Å². The number of benzene rings is 3. The number of ketones is 1. The van der Waals surface area contributed by atoms with Gasteiger partial charge in [-0.1, -0.05) is 18.2 Å². The second kappa shape index (κ2) is 10.4. The molecule has 194 valence electrons. The van der Waals surface area contributed by atoms with E-state index >= 15 is 0 Å². The minimum Gasteiger partial charge on any atom is -0.507 e. The van der Waals surface area contributed by atoms with Gasteiger partial charge in [0.2, 0.25) is 0 Å². The fourth-order valence-corrected chi connectivity index (χ4v) is 4.86. The molecule has 2 heterocycles. The van der Waals surface area contributed by atoms with E-state index < -0.39 is 23.7 Å². The number of anilines is 1. The summed E-state index contributed by atoms with van der Waals surface area (Å²) < 4.78 is 16.1. The Morgan fingerprint density at radius 1 is 1.05 bits per heavy atom. The summed E-state index contributed by atoms with van der Waals surface area (Å²) in [4.78, 5) is 40.6. The average molecular weight is 514 g/mol. The van der Waals surface area contributed by atoms with Gasteiger partial charge >= 0.3 is 5.97 Å². The number of aliphatic hydroxyl groups excluding tert-OH is 1. The van der Waals surface area contributed by atoms with Crippen LogP contribution in [-0.2, 0) is 20.7 Å². The first-order valence-electron chi connectivity index (χ1n) is 12.4. The van der Waals surface area contributed by atoms with Crippen molar-refractivity contribution in [3.63, 3.8) is 0 Å². The predicted octanol–water partition coefficient (Wildman–Crippen LogP) is 4.82. The predicted molar refractivity (Wildman–Crippen MR) is 140 cm³/mol. The van der Waals surface area contributed by atoms with Crippen LogP contribution in [-0.4, -0.2) is 43.1 Å². The SMILES string of the molecule is CCOC(=O)c1cccc(N2C(=O)C(=O)/C(=C(\O)c3ccc4c(c3)CCCO4)C2c2ccc(OC)cc2)c1. The standard InChI is InChI=1S/C30H27NO7/c1-3-37-30(35)21-6-4-8-22(17-21)31-26(18-9-12-23(36-2)13-10-18)25(28(33)29(31)34)27(32)20-11-14-24-19(16-20)7-5-15-38-24/h4,6,8-14,16-17,26,32H,3,5,7,15H2,1-2H3/b27-25-. The van der Waals surface area contributed by atoms with Crippen LogP contribution in [0.3, 0.4) is 0 Å². The molecular formula is C30H27NO7. The zero-order valence-electron chi connectivity index (χ0n) is 21.1. The Hall–Kier alpha value is -4.59.